The molecule has 0 bridgehead atoms. The molecule has 2 heterocycles. The van der Waals surface area contributed by atoms with Crippen LogP contribution in [0.5, 0.6) is 0 Å². The number of aliphatic hydroxyl groups excluding tert-OH is 4. The van der Waals surface area contributed by atoms with Crippen molar-refractivity contribution < 1.29 is 44.5 Å². The van der Waals surface area contributed by atoms with E-state index >= 15 is 0 Å². The predicted octanol–water partition coefficient (Wildman–Crippen LogP) is -3.07. The largest absolute Gasteiger partial charge is 0.388 e. The van der Waals surface area contributed by atoms with Crippen LogP contribution < -0.4 is 0 Å². The minimum atomic E-state index is -1.71. The fraction of sp³-hybridized carbons (Fsp3) is 1.00. The van der Waals surface area contributed by atoms with Gasteiger partial charge in [0.2, 0.25) is 0 Å². The summed E-state index contributed by atoms with van der Waals surface area (Å²) in [6.07, 6.45) is -8.42. The van der Waals surface area contributed by atoms with Crippen molar-refractivity contribution in [3.8, 4) is 0 Å². The van der Waals surface area contributed by atoms with Gasteiger partial charge >= 0.3 is 0 Å². The van der Waals surface area contributed by atoms with Gasteiger partial charge in [-0.1, -0.05) is 0 Å². The zero-order valence-corrected chi connectivity index (χ0v) is 11.8. The molecule has 8 atom stereocenters. The summed E-state index contributed by atoms with van der Waals surface area (Å²) in [7, 11) is 1.33. The van der Waals surface area contributed by atoms with Crippen molar-refractivity contribution in [3.05, 3.63) is 0 Å². The van der Waals surface area contributed by atoms with E-state index in [4.69, 9.17) is 18.9 Å². The van der Waals surface area contributed by atoms with E-state index in [1.165, 1.54) is 14.0 Å². The Kier molecular flexibility index (Phi) is 5.19. The van der Waals surface area contributed by atoms with Crippen LogP contribution in [0.1, 0.15) is 6.92 Å². The summed E-state index contributed by atoms with van der Waals surface area (Å²) < 4.78 is 20.4. The number of aliphatic hydroxyl groups is 5. The highest BCUT2D eigenvalue weighted by Gasteiger charge is 2.50. The first-order chi connectivity index (χ1) is 9.80. The average Bonchev–Trinajstić information content (AvgIpc) is 2.75. The molecular weight excluding hydrogens is 288 g/mol. The van der Waals surface area contributed by atoms with Gasteiger partial charge in [0.1, 0.15) is 30.0 Å². The molecule has 0 radical (unpaired) electrons. The van der Waals surface area contributed by atoms with E-state index in [1.54, 1.807) is 0 Å². The van der Waals surface area contributed by atoms with Gasteiger partial charge in [0.05, 0.1) is 19.3 Å². The molecule has 9 heteroatoms. The van der Waals surface area contributed by atoms with Gasteiger partial charge in [-0.3, -0.25) is 0 Å². The minimum absolute atomic E-state index is 0.212. The zero-order valence-electron chi connectivity index (χ0n) is 11.8. The molecule has 0 unspecified atom stereocenters. The van der Waals surface area contributed by atoms with Crippen LogP contribution in [0.15, 0.2) is 0 Å². The van der Waals surface area contributed by atoms with Crippen molar-refractivity contribution in [2.24, 2.45) is 0 Å². The van der Waals surface area contributed by atoms with Crippen LogP contribution in [-0.4, -0.2) is 94.6 Å². The summed E-state index contributed by atoms with van der Waals surface area (Å²) in [6, 6.07) is 0. The van der Waals surface area contributed by atoms with Crippen LogP contribution in [-0.2, 0) is 18.9 Å². The first kappa shape index (κ1) is 17.0. The van der Waals surface area contributed by atoms with Crippen molar-refractivity contribution in [2.75, 3.05) is 20.3 Å². The molecule has 0 saturated carbocycles. The molecule has 9 nitrogen and oxygen atoms in total. The van der Waals surface area contributed by atoms with E-state index in [2.05, 4.69) is 0 Å². The Morgan fingerprint density at radius 1 is 1.10 bits per heavy atom. The Labute approximate surface area is 121 Å². The van der Waals surface area contributed by atoms with E-state index in [-0.39, 0.29) is 6.61 Å². The maximum absolute atomic E-state index is 10.2. The van der Waals surface area contributed by atoms with Gasteiger partial charge in [-0.2, -0.15) is 0 Å². The summed E-state index contributed by atoms with van der Waals surface area (Å²) in [5.74, 6) is 0. The van der Waals surface area contributed by atoms with E-state index in [1.807, 2.05) is 0 Å². The summed E-state index contributed by atoms with van der Waals surface area (Å²) in [5.41, 5.74) is -1.71. The van der Waals surface area contributed by atoms with Gasteiger partial charge in [0.25, 0.3) is 0 Å². The van der Waals surface area contributed by atoms with E-state index in [0.29, 0.717) is 0 Å². The van der Waals surface area contributed by atoms with Crippen LogP contribution in [0.4, 0.5) is 0 Å². The highest BCUT2D eigenvalue weighted by molar-refractivity contribution is 4.95. The number of rotatable bonds is 4. The molecule has 21 heavy (non-hydrogen) atoms. The second-order valence-electron chi connectivity index (χ2n) is 5.46. The standard InChI is InChI=1S/C12H22O9/c1-5-6(13)7(14)8(15)10(21-5)19-3-12(17)4-20-11(18-2)9(12)16/h5-11,13-17H,3-4H2,1-2H3/t5-,6-,7+,8+,9-,10-,11+,12+/m0/s1. The maximum Gasteiger partial charge on any atom is 0.186 e. The van der Waals surface area contributed by atoms with Crippen LogP contribution in [0.3, 0.4) is 0 Å². The lowest BCUT2D eigenvalue weighted by Crippen LogP contribution is -2.58. The zero-order chi connectivity index (χ0) is 15.8. The van der Waals surface area contributed by atoms with E-state index < -0.39 is 55.3 Å². The van der Waals surface area contributed by atoms with Crippen molar-refractivity contribution in [1.82, 2.24) is 0 Å². The Hall–Kier alpha value is -0.360. The normalized spacial score (nSPS) is 51.3. The number of hydrogen-bond acceptors (Lipinski definition) is 9. The third-order valence-corrected chi connectivity index (χ3v) is 3.84. The maximum atomic E-state index is 10.2. The highest BCUT2D eigenvalue weighted by Crippen LogP contribution is 2.28. The van der Waals surface area contributed by atoms with E-state index in [9.17, 15) is 25.5 Å². The first-order valence-corrected chi connectivity index (χ1v) is 6.66. The topological polar surface area (TPSA) is 138 Å². The highest BCUT2D eigenvalue weighted by atomic mass is 16.7. The Morgan fingerprint density at radius 3 is 2.33 bits per heavy atom. The summed E-state index contributed by atoms with van der Waals surface area (Å²) in [6.45, 7) is 0.904. The number of methoxy groups -OCH3 is 1. The molecule has 2 saturated heterocycles. The summed E-state index contributed by atoms with van der Waals surface area (Å²) in [5, 5.41) is 49.1. The molecule has 2 aliphatic heterocycles. The molecule has 5 N–H and O–H groups in total. The quantitative estimate of drug-likeness (QED) is 0.366. The summed E-state index contributed by atoms with van der Waals surface area (Å²) in [4.78, 5) is 0. The van der Waals surface area contributed by atoms with Crippen molar-refractivity contribution in [3.63, 3.8) is 0 Å². The van der Waals surface area contributed by atoms with Crippen molar-refractivity contribution in [2.45, 2.75) is 55.6 Å². The van der Waals surface area contributed by atoms with Gasteiger partial charge in [-0.15, -0.1) is 0 Å². The second-order valence-corrected chi connectivity index (χ2v) is 5.46. The number of hydrogen-bond donors (Lipinski definition) is 5. The van der Waals surface area contributed by atoms with Gasteiger partial charge in [0, 0.05) is 7.11 Å². The van der Waals surface area contributed by atoms with Crippen LogP contribution in [0, 0.1) is 0 Å². The molecule has 0 aromatic heterocycles. The monoisotopic (exact) mass is 310 g/mol. The Morgan fingerprint density at radius 2 is 1.76 bits per heavy atom. The molecule has 0 spiro atoms. The third-order valence-electron chi connectivity index (χ3n) is 3.84. The second kappa shape index (κ2) is 6.41. The Balaban J connectivity index is 1.93. The molecule has 2 aliphatic rings. The van der Waals surface area contributed by atoms with Crippen LogP contribution >= 0.6 is 0 Å². The predicted molar refractivity (Wildman–Crippen MR) is 66.0 cm³/mol. The number of ether oxygens (including phenoxy) is 4. The molecule has 2 fully saturated rings. The van der Waals surface area contributed by atoms with Crippen LogP contribution in [0.25, 0.3) is 0 Å². The van der Waals surface area contributed by atoms with Gasteiger partial charge in [0.15, 0.2) is 12.6 Å². The SMILES string of the molecule is CO[C@@H]1OC[C@](O)(CO[C@H]2O[C@@H](C)[C@H](O)[C@@H](O)[C@H]2O)[C@H]1O. The smallest absolute Gasteiger partial charge is 0.186 e. The third kappa shape index (κ3) is 3.21. The van der Waals surface area contributed by atoms with Gasteiger partial charge < -0.3 is 44.5 Å². The average molecular weight is 310 g/mol. The summed E-state index contributed by atoms with van der Waals surface area (Å²) >= 11 is 0. The molecule has 0 amide bonds. The fourth-order valence-corrected chi connectivity index (χ4v) is 2.36. The molecule has 124 valence electrons. The first-order valence-electron chi connectivity index (χ1n) is 6.66. The molecule has 0 aromatic rings. The Bertz CT molecular complexity index is 354. The fourth-order valence-electron chi connectivity index (χ4n) is 2.36. The molecular formula is C12H22O9. The van der Waals surface area contributed by atoms with E-state index in [0.717, 1.165) is 0 Å². The van der Waals surface area contributed by atoms with Crippen molar-refractivity contribution in [1.29, 1.82) is 0 Å². The van der Waals surface area contributed by atoms with Gasteiger partial charge in [-0.25, -0.2) is 0 Å². The lowest BCUT2D eigenvalue weighted by atomic mass is 9.99. The lowest BCUT2D eigenvalue weighted by Gasteiger charge is -2.40. The van der Waals surface area contributed by atoms with Gasteiger partial charge in [-0.05, 0) is 6.92 Å². The molecule has 2 rings (SSSR count). The van der Waals surface area contributed by atoms with Crippen molar-refractivity contribution >= 4 is 0 Å². The molecule has 0 aliphatic carbocycles. The minimum Gasteiger partial charge on any atom is -0.388 e. The lowest BCUT2D eigenvalue weighted by molar-refractivity contribution is -0.303. The molecule has 0 aromatic carbocycles. The van der Waals surface area contributed by atoms with Crippen LogP contribution in [0.2, 0.25) is 0 Å².